The number of anilines is 1. The van der Waals surface area contributed by atoms with Crippen LogP contribution in [0.2, 0.25) is 0 Å². The van der Waals surface area contributed by atoms with Gasteiger partial charge in [0, 0.05) is 41.7 Å². The van der Waals surface area contributed by atoms with Gasteiger partial charge in [-0.2, -0.15) is 0 Å². The first-order valence-electron chi connectivity index (χ1n) is 11.3. The van der Waals surface area contributed by atoms with Gasteiger partial charge in [-0.25, -0.2) is 14.4 Å². The molecule has 0 saturated heterocycles. The highest BCUT2D eigenvalue weighted by molar-refractivity contribution is 6.05. The van der Waals surface area contributed by atoms with Gasteiger partial charge in [-0.3, -0.25) is 19.0 Å². The zero-order valence-corrected chi connectivity index (χ0v) is 19.1. The Morgan fingerprint density at radius 1 is 1.14 bits per heavy atom. The molecule has 0 bridgehead atoms. The van der Waals surface area contributed by atoms with E-state index < -0.39 is 5.82 Å². The van der Waals surface area contributed by atoms with Gasteiger partial charge in [0.25, 0.3) is 5.91 Å². The molecular formula is C25H21FN6O3. The molecule has 10 heteroatoms. The summed E-state index contributed by atoms with van der Waals surface area (Å²) in [6.07, 6.45) is 3.20. The number of ketones is 1. The summed E-state index contributed by atoms with van der Waals surface area (Å²) in [4.78, 5) is 41.0. The molecule has 0 fully saturated rings. The quantitative estimate of drug-likeness (QED) is 0.486. The first-order chi connectivity index (χ1) is 17.0. The van der Waals surface area contributed by atoms with E-state index in [-0.39, 0.29) is 36.0 Å². The number of ether oxygens (including phenoxy) is 1. The van der Waals surface area contributed by atoms with Crippen molar-refractivity contribution in [3.63, 3.8) is 0 Å². The third-order valence-corrected chi connectivity index (χ3v) is 6.46. The van der Waals surface area contributed by atoms with Gasteiger partial charge in [-0.1, -0.05) is 6.07 Å². The number of Topliss-reactive ketones (excluding diaryl/α,β-unsaturated/α-hetero) is 1. The lowest BCUT2D eigenvalue weighted by Crippen LogP contribution is -2.32. The number of aromatic nitrogens is 4. The Kier molecular flexibility index (Phi) is 4.77. The molecule has 5 heterocycles. The molecule has 2 aliphatic heterocycles. The molecule has 9 nitrogen and oxygen atoms in total. The molecule has 1 aromatic carbocycles. The molecule has 35 heavy (non-hydrogen) atoms. The Balaban J connectivity index is 1.47. The maximum atomic E-state index is 14.7. The molecule has 0 aliphatic carbocycles. The number of halogens is 1. The molecule has 1 amide bonds. The van der Waals surface area contributed by atoms with Crippen molar-refractivity contribution in [3.8, 4) is 16.9 Å². The maximum Gasteiger partial charge on any atom is 0.275 e. The predicted octanol–water partition coefficient (Wildman–Crippen LogP) is 3.40. The third-order valence-electron chi connectivity index (χ3n) is 6.46. The fourth-order valence-electron chi connectivity index (χ4n) is 4.72. The zero-order chi connectivity index (χ0) is 24.3. The standard InChI is InChI=1S/C25H21FN6O3/c1-3-31-10-18-14(5-4-13(2)30-18)15-8-27-25(32-12-29-22(23(15)32)24(31)34)28-9-16-17(26)6-7-20-21(16)19(33)11-35-20/h4-8,12H,3,9-11H2,1-2H3,(H,27,28). The van der Waals surface area contributed by atoms with Crippen molar-refractivity contribution < 1.29 is 18.7 Å². The minimum absolute atomic E-state index is 0.00539. The Labute approximate surface area is 199 Å². The molecule has 0 unspecified atom stereocenters. The van der Waals surface area contributed by atoms with E-state index in [9.17, 15) is 14.0 Å². The van der Waals surface area contributed by atoms with E-state index in [1.165, 1.54) is 18.5 Å². The highest BCUT2D eigenvalue weighted by Crippen LogP contribution is 2.34. The summed E-state index contributed by atoms with van der Waals surface area (Å²) in [6, 6.07) is 6.65. The average Bonchev–Trinajstić information content (AvgIpc) is 3.46. The van der Waals surface area contributed by atoms with Crippen LogP contribution in [-0.4, -0.2) is 49.1 Å². The number of fused-ring (bicyclic) bond motifs is 3. The second kappa shape index (κ2) is 7.86. The molecule has 0 atom stereocenters. The second-order valence-electron chi connectivity index (χ2n) is 8.54. The number of nitrogens with zero attached hydrogens (tertiary/aromatic N) is 5. The fraction of sp³-hybridized carbons (Fsp3) is 0.240. The van der Waals surface area contributed by atoms with Gasteiger partial charge in [0.05, 0.1) is 23.3 Å². The Bertz CT molecular complexity index is 1550. The number of carbonyl (C=O) groups excluding carboxylic acids is 2. The second-order valence-corrected chi connectivity index (χ2v) is 8.54. The summed E-state index contributed by atoms with van der Waals surface area (Å²) in [5, 5.41) is 3.12. The lowest BCUT2D eigenvalue weighted by Gasteiger charge is -2.24. The molecule has 176 valence electrons. The lowest BCUT2D eigenvalue weighted by atomic mass is 10.0. The van der Waals surface area contributed by atoms with Gasteiger partial charge in [-0.05, 0) is 32.0 Å². The normalized spacial score (nSPS) is 14.4. The van der Waals surface area contributed by atoms with E-state index in [0.717, 1.165) is 22.5 Å². The molecule has 1 N–H and O–H groups in total. The molecule has 6 rings (SSSR count). The smallest absolute Gasteiger partial charge is 0.275 e. The number of benzene rings is 1. The van der Waals surface area contributed by atoms with Gasteiger partial charge in [-0.15, -0.1) is 0 Å². The van der Waals surface area contributed by atoms with E-state index in [2.05, 4.69) is 20.3 Å². The van der Waals surface area contributed by atoms with Crippen LogP contribution >= 0.6 is 0 Å². The Morgan fingerprint density at radius 3 is 2.83 bits per heavy atom. The van der Waals surface area contributed by atoms with Crippen molar-refractivity contribution in [3.05, 3.63) is 70.8 Å². The van der Waals surface area contributed by atoms with Gasteiger partial charge in [0.1, 0.15) is 17.9 Å². The minimum atomic E-state index is -0.507. The first-order valence-corrected chi connectivity index (χ1v) is 11.3. The number of rotatable bonds is 4. The summed E-state index contributed by atoms with van der Waals surface area (Å²) >= 11 is 0. The Hall–Kier alpha value is -4.34. The number of pyridine rings is 1. The number of imidazole rings is 1. The number of amides is 1. The first kappa shape index (κ1) is 21.2. The number of aryl methyl sites for hydroxylation is 1. The van der Waals surface area contributed by atoms with Gasteiger partial charge >= 0.3 is 0 Å². The number of carbonyl (C=O) groups is 2. The number of hydrogen-bond acceptors (Lipinski definition) is 7. The highest BCUT2D eigenvalue weighted by Gasteiger charge is 2.29. The van der Waals surface area contributed by atoms with Crippen LogP contribution in [0, 0.1) is 12.7 Å². The van der Waals surface area contributed by atoms with Gasteiger partial charge < -0.3 is 15.0 Å². The number of nitrogens with one attached hydrogen (secondary N) is 1. The third kappa shape index (κ3) is 3.24. The van der Waals surface area contributed by atoms with Gasteiger partial charge in [0.15, 0.2) is 12.3 Å². The molecule has 3 aromatic heterocycles. The SMILES string of the molecule is CCN1Cc2nc(C)ccc2-c2cnc(NCc3c(F)ccc4c3C(=O)CO4)n3cnc(c23)C1=O. The van der Waals surface area contributed by atoms with E-state index in [1.54, 1.807) is 15.5 Å². The van der Waals surface area contributed by atoms with E-state index in [4.69, 9.17) is 4.74 Å². The van der Waals surface area contributed by atoms with Crippen molar-refractivity contribution >= 4 is 23.2 Å². The van der Waals surface area contributed by atoms with Crippen LogP contribution in [-0.2, 0) is 13.1 Å². The largest absolute Gasteiger partial charge is 0.485 e. The lowest BCUT2D eigenvalue weighted by molar-refractivity contribution is 0.0746. The van der Waals surface area contributed by atoms with Crippen molar-refractivity contribution in [2.75, 3.05) is 18.5 Å². The van der Waals surface area contributed by atoms with Crippen LogP contribution in [0.4, 0.5) is 10.3 Å². The van der Waals surface area contributed by atoms with Gasteiger partial charge in [0.2, 0.25) is 11.7 Å². The summed E-state index contributed by atoms with van der Waals surface area (Å²) in [5.41, 5.74) is 4.63. The topological polar surface area (TPSA) is 102 Å². The highest BCUT2D eigenvalue weighted by atomic mass is 19.1. The predicted molar refractivity (Wildman–Crippen MR) is 125 cm³/mol. The van der Waals surface area contributed by atoms with Crippen molar-refractivity contribution in [2.24, 2.45) is 0 Å². The Morgan fingerprint density at radius 2 is 2.00 bits per heavy atom. The summed E-state index contributed by atoms with van der Waals surface area (Å²) < 4.78 is 21.7. The minimum Gasteiger partial charge on any atom is -0.485 e. The molecule has 2 aliphatic rings. The summed E-state index contributed by atoms with van der Waals surface area (Å²) in [6.45, 7) is 4.62. The van der Waals surface area contributed by atoms with Crippen LogP contribution in [0.25, 0.3) is 16.6 Å². The molecular weight excluding hydrogens is 451 g/mol. The van der Waals surface area contributed by atoms with E-state index in [0.29, 0.717) is 36.0 Å². The average molecular weight is 472 g/mol. The summed E-state index contributed by atoms with van der Waals surface area (Å²) in [5.74, 6) is -0.228. The van der Waals surface area contributed by atoms with Crippen LogP contribution in [0.3, 0.4) is 0 Å². The van der Waals surface area contributed by atoms with Crippen LogP contribution in [0.5, 0.6) is 5.75 Å². The fourth-order valence-corrected chi connectivity index (χ4v) is 4.72. The van der Waals surface area contributed by atoms with Crippen molar-refractivity contribution in [1.29, 1.82) is 0 Å². The molecule has 0 saturated carbocycles. The van der Waals surface area contributed by atoms with Crippen molar-refractivity contribution in [2.45, 2.75) is 26.9 Å². The van der Waals surface area contributed by atoms with E-state index >= 15 is 0 Å². The van der Waals surface area contributed by atoms with Crippen LogP contribution < -0.4 is 10.1 Å². The van der Waals surface area contributed by atoms with E-state index in [1.807, 2.05) is 26.0 Å². The summed E-state index contributed by atoms with van der Waals surface area (Å²) in [7, 11) is 0. The van der Waals surface area contributed by atoms with Crippen molar-refractivity contribution in [1.82, 2.24) is 24.3 Å². The zero-order valence-electron chi connectivity index (χ0n) is 19.1. The molecule has 0 radical (unpaired) electrons. The monoisotopic (exact) mass is 472 g/mol. The van der Waals surface area contributed by atoms with Crippen LogP contribution in [0.1, 0.15) is 44.7 Å². The molecule has 0 spiro atoms. The maximum absolute atomic E-state index is 14.7. The number of hydrogen-bond donors (Lipinski definition) is 1. The molecule has 4 aromatic rings. The van der Waals surface area contributed by atoms with Crippen LogP contribution in [0.15, 0.2) is 36.8 Å².